The number of benzene rings is 1. The van der Waals surface area contributed by atoms with Crippen molar-refractivity contribution in [2.75, 3.05) is 42.9 Å². The van der Waals surface area contributed by atoms with Gasteiger partial charge in [-0.2, -0.15) is 0 Å². The molecule has 5 nitrogen and oxygen atoms in total. The summed E-state index contributed by atoms with van der Waals surface area (Å²) in [5.41, 5.74) is 1.32. The SMILES string of the molecule is CCN1CCN(c2ccc(C(=O)Nc3ccc(Cl)nc3)cc2F)CC1. The lowest BCUT2D eigenvalue weighted by atomic mass is 10.1. The fourth-order valence-corrected chi connectivity index (χ4v) is 2.97. The van der Waals surface area contributed by atoms with Gasteiger partial charge < -0.3 is 15.1 Å². The first kappa shape index (κ1) is 17.6. The highest BCUT2D eigenvalue weighted by atomic mass is 35.5. The van der Waals surface area contributed by atoms with Gasteiger partial charge in [-0.15, -0.1) is 0 Å². The normalized spacial score (nSPS) is 15.2. The molecule has 0 radical (unpaired) electrons. The number of amides is 1. The standard InChI is InChI=1S/C18H20ClFN4O/c1-2-23-7-9-24(10-8-23)16-5-3-13(11-15(16)20)18(25)22-14-4-6-17(19)21-12-14/h3-6,11-12H,2,7-10H2,1H3,(H,22,25). The summed E-state index contributed by atoms with van der Waals surface area (Å²) in [6.45, 7) is 6.54. The van der Waals surface area contributed by atoms with Gasteiger partial charge in [0.1, 0.15) is 11.0 Å². The molecule has 132 valence electrons. The highest BCUT2D eigenvalue weighted by Crippen LogP contribution is 2.22. The second-order valence-corrected chi connectivity index (χ2v) is 6.30. The van der Waals surface area contributed by atoms with E-state index in [1.165, 1.54) is 12.3 Å². The average molecular weight is 363 g/mol. The second-order valence-electron chi connectivity index (χ2n) is 5.91. The van der Waals surface area contributed by atoms with Crippen LogP contribution in [0.5, 0.6) is 0 Å². The topological polar surface area (TPSA) is 48.5 Å². The summed E-state index contributed by atoms with van der Waals surface area (Å²) in [5, 5.41) is 3.02. The van der Waals surface area contributed by atoms with Crippen LogP contribution in [0.3, 0.4) is 0 Å². The number of anilines is 2. The third kappa shape index (κ3) is 4.27. The minimum Gasteiger partial charge on any atom is -0.367 e. The van der Waals surface area contributed by atoms with Crippen molar-refractivity contribution in [1.82, 2.24) is 9.88 Å². The molecule has 1 aliphatic heterocycles. The average Bonchev–Trinajstić information content (AvgIpc) is 2.63. The van der Waals surface area contributed by atoms with Gasteiger partial charge in [0.05, 0.1) is 17.6 Å². The van der Waals surface area contributed by atoms with Crippen LogP contribution in [0.1, 0.15) is 17.3 Å². The van der Waals surface area contributed by atoms with Crippen LogP contribution in [0, 0.1) is 5.82 Å². The number of halogens is 2. The van der Waals surface area contributed by atoms with Gasteiger partial charge >= 0.3 is 0 Å². The molecule has 25 heavy (non-hydrogen) atoms. The predicted molar refractivity (Wildman–Crippen MR) is 97.9 cm³/mol. The lowest BCUT2D eigenvalue weighted by Crippen LogP contribution is -2.46. The van der Waals surface area contributed by atoms with Gasteiger partial charge in [0, 0.05) is 31.7 Å². The lowest BCUT2D eigenvalue weighted by molar-refractivity contribution is 0.102. The number of likely N-dealkylation sites (N-methyl/N-ethyl adjacent to an activating group) is 1. The summed E-state index contributed by atoms with van der Waals surface area (Å²) < 4.78 is 14.5. The molecule has 0 aliphatic carbocycles. The lowest BCUT2D eigenvalue weighted by Gasteiger charge is -2.35. The fraction of sp³-hybridized carbons (Fsp3) is 0.333. The highest BCUT2D eigenvalue weighted by molar-refractivity contribution is 6.29. The van der Waals surface area contributed by atoms with Crippen molar-refractivity contribution in [1.29, 1.82) is 0 Å². The Kier molecular flexibility index (Phi) is 5.50. The number of rotatable bonds is 4. The number of hydrogen-bond acceptors (Lipinski definition) is 4. The first-order valence-electron chi connectivity index (χ1n) is 8.26. The highest BCUT2D eigenvalue weighted by Gasteiger charge is 2.19. The Labute approximate surface area is 151 Å². The van der Waals surface area contributed by atoms with E-state index >= 15 is 0 Å². The molecule has 0 atom stereocenters. The molecule has 1 amide bonds. The number of carbonyl (C=O) groups is 1. The monoisotopic (exact) mass is 362 g/mol. The molecule has 1 N–H and O–H groups in total. The van der Waals surface area contributed by atoms with Gasteiger partial charge in [0.15, 0.2) is 0 Å². The van der Waals surface area contributed by atoms with E-state index in [9.17, 15) is 9.18 Å². The van der Waals surface area contributed by atoms with Crippen LogP contribution in [-0.2, 0) is 0 Å². The van der Waals surface area contributed by atoms with E-state index in [4.69, 9.17) is 11.6 Å². The number of piperazine rings is 1. The second kappa shape index (κ2) is 7.80. The maximum atomic E-state index is 14.5. The minimum absolute atomic E-state index is 0.267. The minimum atomic E-state index is -0.384. The maximum absolute atomic E-state index is 14.5. The molecule has 1 aromatic carbocycles. The van der Waals surface area contributed by atoms with Crippen LogP contribution in [0.2, 0.25) is 5.15 Å². The van der Waals surface area contributed by atoms with Crippen LogP contribution in [-0.4, -0.2) is 48.5 Å². The van der Waals surface area contributed by atoms with Crippen molar-refractivity contribution in [3.8, 4) is 0 Å². The van der Waals surface area contributed by atoms with Gasteiger partial charge in [-0.25, -0.2) is 9.37 Å². The van der Waals surface area contributed by atoms with E-state index in [2.05, 4.69) is 22.1 Å². The first-order valence-corrected chi connectivity index (χ1v) is 8.64. The quantitative estimate of drug-likeness (QED) is 0.848. The molecule has 1 saturated heterocycles. The van der Waals surface area contributed by atoms with Crippen molar-refractivity contribution in [3.63, 3.8) is 0 Å². The van der Waals surface area contributed by atoms with Crippen molar-refractivity contribution < 1.29 is 9.18 Å². The maximum Gasteiger partial charge on any atom is 0.255 e. The van der Waals surface area contributed by atoms with Gasteiger partial charge in [0.25, 0.3) is 5.91 Å². The molecule has 1 aliphatic rings. The number of pyridine rings is 1. The Balaban J connectivity index is 1.69. The molecule has 0 spiro atoms. The van der Waals surface area contributed by atoms with E-state index in [1.807, 2.05) is 4.90 Å². The van der Waals surface area contributed by atoms with Crippen molar-refractivity contribution in [3.05, 3.63) is 53.1 Å². The molecule has 0 unspecified atom stereocenters. The number of carbonyl (C=O) groups excluding carboxylic acids is 1. The van der Waals surface area contributed by atoms with Gasteiger partial charge in [-0.05, 0) is 36.9 Å². The fourth-order valence-electron chi connectivity index (χ4n) is 2.86. The Morgan fingerprint density at radius 1 is 1.24 bits per heavy atom. The van der Waals surface area contributed by atoms with Crippen molar-refractivity contribution in [2.45, 2.75) is 6.92 Å². The smallest absolute Gasteiger partial charge is 0.255 e. The van der Waals surface area contributed by atoms with Crippen molar-refractivity contribution in [2.24, 2.45) is 0 Å². The molecular weight excluding hydrogens is 343 g/mol. The van der Waals surface area contributed by atoms with Crippen LogP contribution in [0.4, 0.5) is 15.8 Å². The first-order chi connectivity index (χ1) is 12.1. The number of hydrogen-bond donors (Lipinski definition) is 1. The van der Waals surface area contributed by atoms with Crippen LogP contribution in [0.25, 0.3) is 0 Å². The molecule has 7 heteroatoms. The Morgan fingerprint density at radius 3 is 2.60 bits per heavy atom. The summed E-state index contributed by atoms with van der Waals surface area (Å²) in [5.74, 6) is -0.766. The zero-order valence-corrected chi connectivity index (χ0v) is 14.8. The van der Waals surface area contributed by atoms with Crippen LogP contribution >= 0.6 is 11.6 Å². The van der Waals surface area contributed by atoms with Gasteiger partial charge in [-0.1, -0.05) is 18.5 Å². The number of aromatic nitrogens is 1. The van der Waals surface area contributed by atoms with E-state index in [-0.39, 0.29) is 17.3 Å². The van der Waals surface area contributed by atoms with Gasteiger partial charge in [0.2, 0.25) is 0 Å². The molecule has 1 aromatic heterocycles. The van der Waals surface area contributed by atoms with Crippen LogP contribution in [0.15, 0.2) is 36.5 Å². The molecule has 0 saturated carbocycles. The molecule has 0 bridgehead atoms. The summed E-state index contributed by atoms with van der Waals surface area (Å²) in [4.78, 5) is 20.5. The van der Waals surface area contributed by atoms with E-state index in [0.29, 0.717) is 16.5 Å². The van der Waals surface area contributed by atoms with E-state index < -0.39 is 0 Å². The molecule has 1 fully saturated rings. The third-order valence-corrected chi connectivity index (χ3v) is 4.58. The van der Waals surface area contributed by atoms with E-state index in [1.54, 1.807) is 24.3 Å². The Bertz CT molecular complexity index is 745. The zero-order chi connectivity index (χ0) is 17.8. The molecular formula is C18H20ClFN4O. The molecule has 2 heterocycles. The van der Waals surface area contributed by atoms with E-state index in [0.717, 1.165) is 32.7 Å². The Hall–Kier alpha value is -2.18. The summed E-state index contributed by atoms with van der Waals surface area (Å²) in [6, 6.07) is 7.82. The van der Waals surface area contributed by atoms with Gasteiger partial charge in [-0.3, -0.25) is 4.79 Å². The molecule has 3 rings (SSSR count). The summed E-state index contributed by atoms with van der Waals surface area (Å²) in [7, 11) is 0. The largest absolute Gasteiger partial charge is 0.367 e. The molecule has 2 aromatic rings. The number of nitrogens with zero attached hydrogens (tertiary/aromatic N) is 3. The summed E-state index contributed by atoms with van der Waals surface area (Å²) in [6.07, 6.45) is 1.46. The zero-order valence-electron chi connectivity index (χ0n) is 14.0. The summed E-state index contributed by atoms with van der Waals surface area (Å²) >= 11 is 5.71. The van der Waals surface area contributed by atoms with Crippen LogP contribution < -0.4 is 10.2 Å². The Morgan fingerprint density at radius 2 is 2.00 bits per heavy atom. The predicted octanol–water partition coefficient (Wildman–Crippen LogP) is 3.27. The third-order valence-electron chi connectivity index (χ3n) is 4.36. The number of nitrogens with one attached hydrogen (secondary N) is 1. The van der Waals surface area contributed by atoms with Crippen molar-refractivity contribution >= 4 is 28.9 Å².